The monoisotopic (exact) mass is 497 g/mol. The van der Waals surface area contributed by atoms with Gasteiger partial charge in [0.2, 0.25) is 0 Å². The Morgan fingerprint density at radius 3 is 2.39 bits per heavy atom. The molecule has 0 saturated heterocycles. The second-order valence-electron chi connectivity index (χ2n) is 15.5. The van der Waals surface area contributed by atoms with Gasteiger partial charge >= 0.3 is 0 Å². The lowest BCUT2D eigenvalue weighted by Crippen LogP contribution is -2.51. The summed E-state index contributed by atoms with van der Waals surface area (Å²) < 4.78 is 6.22. The summed E-state index contributed by atoms with van der Waals surface area (Å²) >= 11 is 0. The molecule has 0 radical (unpaired) electrons. The van der Waals surface area contributed by atoms with E-state index >= 15 is 0 Å². The maximum absolute atomic E-state index is 8.40. The number of allylic oxidation sites excluding steroid dienone is 1. The van der Waals surface area contributed by atoms with E-state index in [0.717, 1.165) is 54.3 Å². The third-order valence-electron chi connectivity index (χ3n) is 12.2. The van der Waals surface area contributed by atoms with E-state index in [1.807, 2.05) is 0 Å². The molecule has 3 saturated carbocycles. The Balaban J connectivity index is 1.44. The molecule has 4 aliphatic carbocycles. The van der Waals surface area contributed by atoms with Crippen LogP contribution in [0.4, 0.5) is 0 Å². The summed E-state index contributed by atoms with van der Waals surface area (Å²) in [6, 6.07) is 0. The molecule has 0 amide bonds. The molecule has 0 aromatic heterocycles. The molecule has 1 unspecified atom stereocenters. The largest absolute Gasteiger partial charge is 0.477 e. The van der Waals surface area contributed by atoms with Crippen molar-refractivity contribution in [1.82, 2.24) is 0 Å². The highest BCUT2D eigenvalue weighted by Crippen LogP contribution is 2.67. The van der Waals surface area contributed by atoms with Crippen molar-refractivity contribution in [2.24, 2.45) is 57.7 Å². The quantitative estimate of drug-likeness (QED) is 0.212. The molecule has 4 aliphatic rings. The van der Waals surface area contributed by atoms with Crippen molar-refractivity contribution in [3.8, 4) is 0 Å². The van der Waals surface area contributed by atoms with Crippen molar-refractivity contribution >= 4 is 5.90 Å². The number of fused-ring (bicyclic) bond motifs is 5. The lowest BCUT2D eigenvalue weighted by molar-refractivity contribution is -0.0572. The predicted molar refractivity (Wildman–Crippen MR) is 154 cm³/mol. The lowest BCUT2D eigenvalue weighted by Gasteiger charge is -2.58. The molecule has 2 heteroatoms. The van der Waals surface area contributed by atoms with Crippen LogP contribution in [0.2, 0.25) is 0 Å². The van der Waals surface area contributed by atoms with Crippen LogP contribution < -0.4 is 0 Å². The van der Waals surface area contributed by atoms with E-state index in [1.165, 1.54) is 57.8 Å². The molecule has 0 aromatic rings. The highest BCUT2D eigenvalue weighted by atomic mass is 16.5. The van der Waals surface area contributed by atoms with Gasteiger partial charge in [0.15, 0.2) is 5.90 Å². The van der Waals surface area contributed by atoms with Gasteiger partial charge < -0.3 is 4.74 Å². The van der Waals surface area contributed by atoms with Crippen LogP contribution in [0.5, 0.6) is 0 Å². The number of ether oxygens (including phenoxy) is 1. The van der Waals surface area contributed by atoms with Gasteiger partial charge in [0.05, 0.1) is 0 Å². The average Bonchev–Trinajstić information content (AvgIpc) is 3.16. The van der Waals surface area contributed by atoms with E-state index in [-0.39, 0.29) is 11.5 Å². The predicted octanol–water partition coefficient (Wildman–Crippen LogP) is 10.1. The topological polar surface area (TPSA) is 33.1 Å². The van der Waals surface area contributed by atoms with E-state index in [4.69, 9.17) is 10.1 Å². The van der Waals surface area contributed by atoms with E-state index in [1.54, 1.807) is 5.57 Å². The van der Waals surface area contributed by atoms with Crippen LogP contribution in [0.1, 0.15) is 133 Å². The summed E-state index contributed by atoms with van der Waals surface area (Å²) in [6.45, 7) is 21.4. The van der Waals surface area contributed by atoms with Crippen molar-refractivity contribution < 1.29 is 4.74 Å². The fourth-order valence-corrected chi connectivity index (χ4v) is 9.73. The summed E-state index contributed by atoms with van der Waals surface area (Å²) in [5.74, 6) is 6.67. The summed E-state index contributed by atoms with van der Waals surface area (Å²) in [5, 5.41) is 8.40. The Morgan fingerprint density at radius 1 is 1.03 bits per heavy atom. The smallest absolute Gasteiger partial charge is 0.186 e. The van der Waals surface area contributed by atoms with Gasteiger partial charge in [-0.15, -0.1) is 0 Å². The highest BCUT2D eigenvalue weighted by Gasteiger charge is 2.59. The molecule has 4 rings (SSSR count). The molecule has 2 nitrogen and oxygen atoms in total. The minimum atomic E-state index is -0.191. The summed E-state index contributed by atoms with van der Waals surface area (Å²) in [6.07, 6.45) is 17.6. The Hall–Kier alpha value is -0.790. The molecule has 0 aromatic carbocycles. The molecule has 3 fully saturated rings. The fourth-order valence-electron chi connectivity index (χ4n) is 9.73. The minimum absolute atomic E-state index is 0.191. The van der Waals surface area contributed by atoms with Crippen LogP contribution in [-0.4, -0.2) is 12.0 Å². The number of nitrogens with one attached hydrogen (secondary N) is 1. The van der Waals surface area contributed by atoms with Crippen LogP contribution in [0, 0.1) is 63.1 Å². The van der Waals surface area contributed by atoms with Crippen LogP contribution in [0.3, 0.4) is 0 Å². The summed E-state index contributed by atoms with van der Waals surface area (Å²) in [5.41, 5.74) is 2.41. The maximum Gasteiger partial charge on any atom is 0.186 e. The van der Waals surface area contributed by atoms with E-state index in [9.17, 15) is 0 Å². The number of rotatable bonds is 7. The van der Waals surface area contributed by atoms with E-state index < -0.39 is 0 Å². The van der Waals surface area contributed by atoms with Crippen LogP contribution >= 0.6 is 0 Å². The Labute approximate surface area is 224 Å². The van der Waals surface area contributed by atoms with Gasteiger partial charge in [-0.05, 0) is 104 Å². The Bertz CT molecular complexity index is 820. The first-order chi connectivity index (χ1) is 16.8. The first-order valence-corrected chi connectivity index (χ1v) is 15.8. The first kappa shape index (κ1) is 28.2. The van der Waals surface area contributed by atoms with Crippen LogP contribution in [0.15, 0.2) is 11.6 Å². The molecule has 206 valence electrons. The third kappa shape index (κ3) is 5.10. The van der Waals surface area contributed by atoms with Gasteiger partial charge in [0, 0.05) is 11.8 Å². The second-order valence-corrected chi connectivity index (χ2v) is 15.5. The van der Waals surface area contributed by atoms with E-state index in [0.29, 0.717) is 16.7 Å². The van der Waals surface area contributed by atoms with Gasteiger partial charge in [0.25, 0.3) is 0 Å². The molecule has 0 heterocycles. The molecule has 1 N–H and O–H groups in total. The Morgan fingerprint density at radius 2 is 1.75 bits per heavy atom. The van der Waals surface area contributed by atoms with Crippen LogP contribution in [-0.2, 0) is 4.74 Å². The van der Waals surface area contributed by atoms with Crippen molar-refractivity contribution in [2.75, 3.05) is 0 Å². The van der Waals surface area contributed by atoms with Gasteiger partial charge in [-0.1, -0.05) is 86.8 Å². The van der Waals surface area contributed by atoms with Crippen LogP contribution in [0.25, 0.3) is 0 Å². The fraction of sp³-hybridized carbons (Fsp3) is 0.912. The molecule has 0 bridgehead atoms. The number of hydrogen-bond donors (Lipinski definition) is 1. The first-order valence-electron chi connectivity index (χ1n) is 15.8. The third-order valence-corrected chi connectivity index (χ3v) is 12.2. The molecule has 0 spiro atoms. The average molecular weight is 498 g/mol. The van der Waals surface area contributed by atoms with Crippen molar-refractivity contribution in [2.45, 2.75) is 139 Å². The van der Waals surface area contributed by atoms with Gasteiger partial charge in [-0.3, -0.25) is 5.41 Å². The SMILES string of the molecule is CC[C@H](CC[C@@H](C)[C@H]1CC[C@H]2[C@@H]3CC=C4CC(OC(=N)C(C)(C)C)CC[C@]4(C)[C@H]3CC[C@]12C)C(C)C. The van der Waals surface area contributed by atoms with E-state index in [2.05, 4.69) is 68.4 Å². The standard InChI is InChI=1S/C34H59NO/c1-10-24(22(2)3)12-11-23(4)28-15-16-29-27-14-13-25-21-26(36-31(35)32(5,6)7)17-19-33(25,8)30(27)18-20-34(28,29)9/h13,22-24,26-30,35H,10-12,14-21H2,1-9H3/t23-,24-,26?,27+,28-,29+,30+,33+,34-/m1/s1. The lowest BCUT2D eigenvalue weighted by atomic mass is 9.47. The highest BCUT2D eigenvalue weighted by molar-refractivity contribution is 5.78. The van der Waals surface area contributed by atoms with Crippen molar-refractivity contribution in [3.63, 3.8) is 0 Å². The minimum Gasteiger partial charge on any atom is -0.477 e. The summed E-state index contributed by atoms with van der Waals surface area (Å²) in [4.78, 5) is 0. The number of hydrogen-bond acceptors (Lipinski definition) is 2. The zero-order valence-electron chi connectivity index (χ0n) is 25.4. The molecule has 36 heavy (non-hydrogen) atoms. The molecular formula is C34H59NO. The maximum atomic E-state index is 8.40. The Kier molecular flexibility index (Phi) is 8.16. The zero-order chi connectivity index (χ0) is 26.5. The molecular weight excluding hydrogens is 438 g/mol. The zero-order valence-corrected chi connectivity index (χ0v) is 25.4. The van der Waals surface area contributed by atoms with Crippen molar-refractivity contribution in [1.29, 1.82) is 5.41 Å². The normalized spacial score (nSPS) is 40.1. The second kappa shape index (κ2) is 10.4. The summed E-state index contributed by atoms with van der Waals surface area (Å²) in [7, 11) is 0. The van der Waals surface area contributed by atoms with Gasteiger partial charge in [-0.2, -0.15) is 0 Å². The molecule has 9 atom stereocenters. The van der Waals surface area contributed by atoms with Gasteiger partial charge in [-0.25, -0.2) is 0 Å². The van der Waals surface area contributed by atoms with Crippen molar-refractivity contribution in [3.05, 3.63) is 11.6 Å². The molecule has 0 aliphatic heterocycles. The van der Waals surface area contributed by atoms with Gasteiger partial charge in [0.1, 0.15) is 6.10 Å².